The molecule has 2 aliphatic heterocycles. The predicted octanol–water partition coefficient (Wildman–Crippen LogP) is 2.41. The van der Waals surface area contributed by atoms with Crippen LogP contribution in [0.25, 0.3) is 0 Å². The third-order valence-corrected chi connectivity index (χ3v) is 4.72. The molecular formula is C17H16N4O. The normalized spacial score (nSPS) is 27.4. The van der Waals surface area contributed by atoms with Crippen molar-refractivity contribution < 1.29 is 4.79 Å². The van der Waals surface area contributed by atoms with Gasteiger partial charge in [-0.25, -0.2) is 0 Å². The van der Waals surface area contributed by atoms with Crippen molar-refractivity contribution in [2.45, 2.75) is 31.3 Å². The van der Waals surface area contributed by atoms with Crippen molar-refractivity contribution in [3.05, 3.63) is 35.4 Å². The van der Waals surface area contributed by atoms with Crippen LogP contribution in [0, 0.1) is 34.5 Å². The van der Waals surface area contributed by atoms with Crippen LogP contribution in [0.5, 0.6) is 0 Å². The smallest absolute Gasteiger partial charge is 0.233 e. The molecule has 0 aromatic heterocycles. The number of carbonyl (C=O) groups is 1. The Labute approximate surface area is 129 Å². The number of fused-ring (bicyclic) bond motifs is 3. The number of nitrogens with zero attached hydrogens (tertiary/aromatic N) is 4. The van der Waals surface area contributed by atoms with Crippen LogP contribution in [0.15, 0.2) is 29.4 Å². The Bertz CT molecular complexity index is 698. The maximum atomic E-state index is 11.8. The molecule has 5 nitrogen and oxygen atoms in total. The average Bonchev–Trinajstić information content (AvgIpc) is 2.85. The number of hydrazone groups is 1. The quantitative estimate of drug-likeness (QED) is 0.801. The highest BCUT2D eigenvalue weighted by Crippen LogP contribution is 2.53. The van der Waals surface area contributed by atoms with Crippen LogP contribution < -0.4 is 0 Å². The van der Waals surface area contributed by atoms with Crippen LogP contribution in [0.1, 0.15) is 36.9 Å². The summed E-state index contributed by atoms with van der Waals surface area (Å²) in [6.45, 7) is 2.00. The van der Waals surface area contributed by atoms with E-state index in [1.54, 1.807) is 11.2 Å². The number of carbonyl (C=O) groups excluding carboxylic acids is 1. The molecule has 1 aromatic rings. The largest absolute Gasteiger partial charge is 0.303 e. The van der Waals surface area contributed by atoms with Crippen LogP contribution >= 0.6 is 0 Å². The van der Waals surface area contributed by atoms with Crippen molar-refractivity contribution in [2.24, 2.45) is 16.9 Å². The first-order valence-electron chi connectivity index (χ1n) is 7.43. The Hall–Kier alpha value is -2.66. The van der Waals surface area contributed by atoms with Gasteiger partial charge in [0.15, 0.2) is 0 Å². The molecule has 0 unspecified atom stereocenters. The van der Waals surface area contributed by atoms with Crippen molar-refractivity contribution in [1.29, 1.82) is 10.5 Å². The molecule has 2 aliphatic rings. The minimum absolute atomic E-state index is 0.335. The summed E-state index contributed by atoms with van der Waals surface area (Å²) in [7, 11) is 0. The minimum Gasteiger partial charge on any atom is -0.303 e. The average molecular weight is 292 g/mol. The molecule has 2 heterocycles. The zero-order valence-electron chi connectivity index (χ0n) is 12.3. The van der Waals surface area contributed by atoms with Crippen LogP contribution in [-0.4, -0.2) is 23.0 Å². The second kappa shape index (κ2) is 5.27. The number of aldehydes is 1. The molecule has 0 radical (unpaired) electrons. The van der Waals surface area contributed by atoms with Gasteiger partial charge in [0.1, 0.15) is 18.4 Å². The van der Waals surface area contributed by atoms with E-state index in [1.165, 1.54) is 0 Å². The second-order valence-electron chi connectivity index (χ2n) is 5.76. The highest BCUT2D eigenvalue weighted by Gasteiger charge is 2.61. The molecular weight excluding hydrogens is 276 g/mol. The molecule has 1 fully saturated rings. The van der Waals surface area contributed by atoms with E-state index in [0.29, 0.717) is 6.42 Å². The highest BCUT2D eigenvalue weighted by molar-refractivity contribution is 5.84. The monoisotopic (exact) mass is 292 g/mol. The fourth-order valence-corrected chi connectivity index (χ4v) is 3.75. The molecule has 1 saturated heterocycles. The van der Waals surface area contributed by atoms with E-state index in [2.05, 4.69) is 17.2 Å². The standard InChI is InChI=1S/C17H16N4O/c1-2-5-15-14(9-22)16-13-7-4-3-6-12(13)8-20-21(16)17(15,10-18)11-19/h3-4,6-9,14-16H,2,5H2,1H3/t14-,15-,16+/m1/s1. The summed E-state index contributed by atoms with van der Waals surface area (Å²) in [5, 5.41) is 25.3. The zero-order valence-corrected chi connectivity index (χ0v) is 12.3. The molecule has 0 aliphatic carbocycles. The van der Waals surface area contributed by atoms with E-state index in [4.69, 9.17) is 0 Å². The van der Waals surface area contributed by atoms with Crippen LogP contribution in [0.3, 0.4) is 0 Å². The van der Waals surface area contributed by atoms with Crippen molar-refractivity contribution in [1.82, 2.24) is 5.01 Å². The van der Waals surface area contributed by atoms with Gasteiger partial charge in [0.05, 0.1) is 12.3 Å². The van der Waals surface area contributed by atoms with E-state index < -0.39 is 11.5 Å². The van der Waals surface area contributed by atoms with Crippen molar-refractivity contribution in [3.8, 4) is 12.1 Å². The fraction of sp³-hybridized carbons (Fsp3) is 0.412. The van der Waals surface area contributed by atoms with Gasteiger partial charge in [-0.05, 0) is 17.5 Å². The summed E-state index contributed by atoms with van der Waals surface area (Å²) in [5.41, 5.74) is 0.525. The van der Waals surface area contributed by atoms with E-state index in [9.17, 15) is 15.3 Å². The molecule has 110 valence electrons. The first kappa shape index (κ1) is 14.3. The van der Waals surface area contributed by atoms with E-state index in [0.717, 1.165) is 23.8 Å². The SMILES string of the molecule is CCC[C@@H]1[C@@H](C=O)[C@@H]2c3ccccc3C=NN2C1(C#N)C#N. The minimum atomic E-state index is -1.38. The van der Waals surface area contributed by atoms with Crippen molar-refractivity contribution in [3.63, 3.8) is 0 Å². The molecule has 3 rings (SSSR count). The summed E-state index contributed by atoms with van der Waals surface area (Å²) < 4.78 is 0. The maximum Gasteiger partial charge on any atom is 0.233 e. The molecule has 0 N–H and O–H groups in total. The molecule has 0 spiro atoms. The summed E-state index contributed by atoms with van der Waals surface area (Å²) in [6, 6.07) is 11.7. The molecule has 3 atom stereocenters. The number of nitriles is 2. The highest BCUT2D eigenvalue weighted by atomic mass is 16.1. The first-order valence-corrected chi connectivity index (χ1v) is 7.43. The first-order chi connectivity index (χ1) is 10.7. The molecule has 0 amide bonds. The van der Waals surface area contributed by atoms with E-state index in [1.807, 2.05) is 31.2 Å². The molecule has 1 aromatic carbocycles. The Balaban J connectivity index is 2.21. The van der Waals surface area contributed by atoms with Gasteiger partial charge in [-0.3, -0.25) is 5.01 Å². The van der Waals surface area contributed by atoms with Crippen LogP contribution in [0.4, 0.5) is 0 Å². The summed E-state index contributed by atoms with van der Waals surface area (Å²) in [4.78, 5) is 11.8. The Morgan fingerprint density at radius 1 is 1.36 bits per heavy atom. The van der Waals surface area contributed by atoms with E-state index >= 15 is 0 Å². The van der Waals surface area contributed by atoms with Gasteiger partial charge in [0, 0.05) is 11.8 Å². The third-order valence-electron chi connectivity index (χ3n) is 4.72. The molecule has 0 saturated carbocycles. The van der Waals surface area contributed by atoms with Gasteiger partial charge in [-0.15, -0.1) is 0 Å². The zero-order chi connectivity index (χ0) is 15.7. The number of hydrogen-bond donors (Lipinski definition) is 0. The summed E-state index contributed by atoms with van der Waals surface area (Å²) in [6.07, 6.45) is 4.03. The lowest BCUT2D eigenvalue weighted by Crippen LogP contribution is -2.44. The Morgan fingerprint density at radius 2 is 2.09 bits per heavy atom. The van der Waals surface area contributed by atoms with Gasteiger partial charge in [0.25, 0.3) is 0 Å². The van der Waals surface area contributed by atoms with Gasteiger partial charge in [-0.2, -0.15) is 15.6 Å². The second-order valence-corrected chi connectivity index (χ2v) is 5.76. The fourth-order valence-electron chi connectivity index (χ4n) is 3.75. The Kier molecular flexibility index (Phi) is 3.42. The third kappa shape index (κ3) is 1.69. The van der Waals surface area contributed by atoms with Gasteiger partial charge in [-0.1, -0.05) is 37.6 Å². The van der Waals surface area contributed by atoms with Crippen molar-refractivity contribution >= 4 is 12.5 Å². The lowest BCUT2D eigenvalue weighted by atomic mass is 9.77. The number of rotatable bonds is 3. The van der Waals surface area contributed by atoms with Gasteiger partial charge in [0.2, 0.25) is 5.54 Å². The summed E-state index contributed by atoms with van der Waals surface area (Å²) in [5.74, 6) is -0.740. The predicted molar refractivity (Wildman–Crippen MR) is 80.5 cm³/mol. The molecule has 5 heteroatoms. The van der Waals surface area contributed by atoms with Gasteiger partial charge < -0.3 is 4.79 Å². The lowest BCUT2D eigenvalue weighted by molar-refractivity contribution is -0.112. The van der Waals surface area contributed by atoms with Crippen molar-refractivity contribution in [2.75, 3.05) is 0 Å². The summed E-state index contributed by atoms with van der Waals surface area (Å²) >= 11 is 0. The van der Waals surface area contributed by atoms with Crippen LogP contribution in [0.2, 0.25) is 0 Å². The molecule has 22 heavy (non-hydrogen) atoms. The van der Waals surface area contributed by atoms with Crippen LogP contribution in [-0.2, 0) is 4.79 Å². The molecule has 0 bridgehead atoms. The number of hydrogen-bond acceptors (Lipinski definition) is 5. The topological polar surface area (TPSA) is 80.2 Å². The number of benzene rings is 1. The lowest BCUT2D eigenvalue weighted by Gasteiger charge is -2.33. The van der Waals surface area contributed by atoms with E-state index in [-0.39, 0.29) is 12.0 Å². The maximum absolute atomic E-state index is 11.8. The Morgan fingerprint density at radius 3 is 2.73 bits per heavy atom. The van der Waals surface area contributed by atoms with Gasteiger partial charge >= 0.3 is 0 Å².